The van der Waals surface area contributed by atoms with Crippen LogP contribution in [0.2, 0.25) is 0 Å². The summed E-state index contributed by atoms with van der Waals surface area (Å²) in [6.45, 7) is 3.45. The SMILES string of the molecule is CN1CCCC(CNC(c2ccccc2)c2ccco2)C1. The lowest BCUT2D eigenvalue weighted by atomic mass is 9.97. The van der Waals surface area contributed by atoms with Crippen LogP contribution in [0.4, 0.5) is 0 Å². The molecule has 1 aliphatic heterocycles. The average molecular weight is 284 g/mol. The lowest BCUT2D eigenvalue weighted by Crippen LogP contribution is -2.38. The van der Waals surface area contributed by atoms with Crippen molar-refractivity contribution in [3.05, 3.63) is 60.1 Å². The van der Waals surface area contributed by atoms with Crippen molar-refractivity contribution in [3.63, 3.8) is 0 Å². The van der Waals surface area contributed by atoms with E-state index in [2.05, 4.69) is 53.7 Å². The number of furan rings is 1. The molecule has 0 spiro atoms. The van der Waals surface area contributed by atoms with Gasteiger partial charge in [0.2, 0.25) is 0 Å². The van der Waals surface area contributed by atoms with Crippen LogP contribution in [0.5, 0.6) is 0 Å². The van der Waals surface area contributed by atoms with Gasteiger partial charge in [0.25, 0.3) is 0 Å². The Kier molecular flexibility index (Phi) is 4.73. The van der Waals surface area contributed by atoms with E-state index in [1.54, 1.807) is 6.26 Å². The molecule has 21 heavy (non-hydrogen) atoms. The van der Waals surface area contributed by atoms with E-state index in [9.17, 15) is 0 Å². The summed E-state index contributed by atoms with van der Waals surface area (Å²) < 4.78 is 5.64. The highest BCUT2D eigenvalue weighted by Crippen LogP contribution is 2.23. The first-order valence-corrected chi connectivity index (χ1v) is 7.83. The Bertz CT molecular complexity index is 523. The van der Waals surface area contributed by atoms with Crippen molar-refractivity contribution in [1.82, 2.24) is 10.2 Å². The van der Waals surface area contributed by atoms with Gasteiger partial charge in [0.05, 0.1) is 12.3 Å². The summed E-state index contributed by atoms with van der Waals surface area (Å²) in [6.07, 6.45) is 4.37. The van der Waals surface area contributed by atoms with Crippen molar-refractivity contribution >= 4 is 0 Å². The standard InChI is InChI=1S/C18H24N2O/c1-20-11-5-7-15(14-20)13-19-18(17-10-6-12-21-17)16-8-3-2-4-9-16/h2-4,6,8-10,12,15,18-19H,5,7,11,13-14H2,1H3. The summed E-state index contributed by atoms with van der Waals surface area (Å²) in [5, 5.41) is 3.71. The third-order valence-corrected chi connectivity index (χ3v) is 4.29. The van der Waals surface area contributed by atoms with Gasteiger partial charge in [-0.3, -0.25) is 0 Å². The molecule has 3 nitrogen and oxygen atoms in total. The van der Waals surface area contributed by atoms with E-state index in [4.69, 9.17) is 4.42 Å². The van der Waals surface area contributed by atoms with Crippen molar-refractivity contribution in [2.45, 2.75) is 18.9 Å². The summed E-state index contributed by atoms with van der Waals surface area (Å²) in [7, 11) is 2.22. The fourth-order valence-electron chi connectivity index (χ4n) is 3.21. The molecule has 3 rings (SSSR count). The van der Waals surface area contributed by atoms with E-state index in [0.717, 1.165) is 18.2 Å². The van der Waals surface area contributed by atoms with Crippen LogP contribution in [-0.4, -0.2) is 31.6 Å². The predicted molar refractivity (Wildman–Crippen MR) is 85.2 cm³/mol. The second kappa shape index (κ2) is 6.92. The number of nitrogens with zero attached hydrogens (tertiary/aromatic N) is 1. The normalized spacial score (nSPS) is 21.3. The van der Waals surface area contributed by atoms with Gasteiger partial charge in [0.15, 0.2) is 0 Å². The Labute approximate surface area is 127 Å². The predicted octanol–water partition coefficient (Wildman–Crippen LogP) is 3.30. The monoisotopic (exact) mass is 284 g/mol. The van der Waals surface area contributed by atoms with E-state index in [1.165, 1.54) is 31.5 Å². The topological polar surface area (TPSA) is 28.4 Å². The molecule has 1 aliphatic rings. The van der Waals surface area contributed by atoms with Gasteiger partial charge < -0.3 is 14.6 Å². The van der Waals surface area contributed by atoms with Gasteiger partial charge in [-0.25, -0.2) is 0 Å². The van der Waals surface area contributed by atoms with Gasteiger partial charge >= 0.3 is 0 Å². The first kappa shape index (κ1) is 14.4. The molecule has 112 valence electrons. The van der Waals surface area contributed by atoms with Gasteiger partial charge in [-0.1, -0.05) is 30.3 Å². The maximum atomic E-state index is 5.64. The van der Waals surface area contributed by atoms with Crippen molar-refractivity contribution < 1.29 is 4.42 Å². The van der Waals surface area contributed by atoms with Crippen LogP contribution in [0, 0.1) is 5.92 Å². The van der Waals surface area contributed by atoms with Crippen LogP contribution in [0.1, 0.15) is 30.2 Å². The highest BCUT2D eigenvalue weighted by Gasteiger charge is 2.21. The zero-order valence-corrected chi connectivity index (χ0v) is 12.7. The molecule has 2 atom stereocenters. The largest absolute Gasteiger partial charge is 0.467 e. The van der Waals surface area contributed by atoms with Gasteiger partial charge in [0, 0.05) is 13.1 Å². The van der Waals surface area contributed by atoms with Gasteiger partial charge in [-0.05, 0) is 50.0 Å². The lowest BCUT2D eigenvalue weighted by molar-refractivity contribution is 0.203. The third-order valence-electron chi connectivity index (χ3n) is 4.29. The molecule has 1 aromatic carbocycles. The fourth-order valence-corrected chi connectivity index (χ4v) is 3.21. The highest BCUT2D eigenvalue weighted by molar-refractivity contribution is 5.26. The molecule has 2 aromatic rings. The second-order valence-electron chi connectivity index (χ2n) is 6.04. The number of hydrogen-bond donors (Lipinski definition) is 1. The van der Waals surface area contributed by atoms with Gasteiger partial charge in [-0.2, -0.15) is 0 Å². The van der Waals surface area contributed by atoms with Gasteiger partial charge in [-0.15, -0.1) is 0 Å². The molecule has 2 unspecified atom stereocenters. The minimum atomic E-state index is 0.147. The molecule has 1 fully saturated rings. The molecular weight excluding hydrogens is 260 g/mol. The highest BCUT2D eigenvalue weighted by atomic mass is 16.3. The van der Waals surface area contributed by atoms with Crippen LogP contribution >= 0.6 is 0 Å². The van der Waals surface area contributed by atoms with Crippen LogP contribution in [0.3, 0.4) is 0 Å². The molecule has 1 saturated heterocycles. The Morgan fingerprint density at radius 3 is 2.81 bits per heavy atom. The van der Waals surface area contributed by atoms with E-state index in [0.29, 0.717) is 0 Å². The number of rotatable bonds is 5. The molecule has 0 saturated carbocycles. The molecular formula is C18H24N2O. The summed E-state index contributed by atoms with van der Waals surface area (Å²) in [5.74, 6) is 1.72. The zero-order valence-electron chi connectivity index (χ0n) is 12.7. The molecule has 0 bridgehead atoms. The Morgan fingerprint density at radius 1 is 1.24 bits per heavy atom. The van der Waals surface area contributed by atoms with Crippen LogP contribution < -0.4 is 5.32 Å². The maximum Gasteiger partial charge on any atom is 0.125 e. The summed E-state index contributed by atoms with van der Waals surface area (Å²) in [6, 6.07) is 14.7. The molecule has 3 heteroatoms. The summed E-state index contributed by atoms with van der Waals surface area (Å²) in [5.41, 5.74) is 1.26. The summed E-state index contributed by atoms with van der Waals surface area (Å²) in [4.78, 5) is 2.43. The number of likely N-dealkylation sites (tertiary alicyclic amines) is 1. The zero-order chi connectivity index (χ0) is 14.5. The smallest absolute Gasteiger partial charge is 0.125 e. The minimum Gasteiger partial charge on any atom is -0.467 e. The van der Waals surface area contributed by atoms with Gasteiger partial charge in [0.1, 0.15) is 5.76 Å². The summed E-state index contributed by atoms with van der Waals surface area (Å²) >= 11 is 0. The van der Waals surface area contributed by atoms with Crippen molar-refractivity contribution in [2.24, 2.45) is 5.92 Å². The van der Waals surface area contributed by atoms with Crippen LogP contribution in [0.15, 0.2) is 53.1 Å². The van der Waals surface area contributed by atoms with E-state index in [1.807, 2.05) is 6.07 Å². The van der Waals surface area contributed by atoms with Crippen molar-refractivity contribution in [1.29, 1.82) is 0 Å². The number of hydrogen-bond acceptors (Lipinski definition) is 3. The molecule has 1 N–H and O–H groups in total. The van der Waals surface area contributed by atoms with Crippen molar-refractivity contribution in [2.75, 3.05) is 26.7 Å². The van der Waals surface area contributed by atoms with E-state index >= 15 is 0 Å². The molecule has 2 heterocycles. The molecule has 0 radical (unpaired) electrons. The van der Waals surface area contributed by atoms with Crippen LogP contribution in [0.25, 0.3) is 0 Å². The fraction of sp³-hybridized carbons (Fsp3) is 0.444. The Hall–Kier alpha value is -1.58. The Balaban J connectivity index is 1.68. The second-order valence-corrected chi connectivity index (χ2v) is 6.04. The van der Waals surface area contributed by atoms with E-state index < -0.39 is 0 Å². The minimum absolute atomic E-state index is 0.147. The lowest BCUT2D eigenvalue weighted by Gasteiger charge is -2.31. The molecule has 0 amide bonds. The van der Waals surface area contributed by atoms with Crippen LogP contribution in [-0.2, 0) is 0 Å². The van der Waals surface area contributed by atoms with E-state index in [-0.39, 0.29) is 6.04 Å². The number of piperidine rings is 1. The third kappa shape index (κ3) is 3.74. The first-order chi connectivity index (χ1) is 10.3. The maximum absolute atomic E-state index is 5.64. The first-order valence-electron chi connectivity index (χ1n) is 7.83. The Morgan fingerprint density at radius 2 is 2.10 bits per heavy atom. The molecule has 1 aromatic heterocycles. The molecule has 0 aliphatic carbocycles. The number of benzene rings is 1. The van der Waals surface area contributed by atoms with Crippen molar-refractivity contribution in [3.8, 4) is 0 Å². The number of nitrogens with one attached hydrogen (secondary N) is 1. The quantitative estimate of drug-likeness (QED) is 0.913. The average Bonchev–Trinajstić information content (AvgIpc) is 3.03.